The number of hydrogen-bond donors (Lipinski definition) is 2. The Labute approximate surface area is 123 Å². The summed E-state index contributed by atoms with van der Waals surface area (Å²) in [4.78, 5) is 4.52. The molecule has 0 amide bonds. The summed E-state index contributed by atoms with van der Waals surface area (Å²) in [5.74, 6) is 3.92. The number of aromatic nitrogens is 1. The molecule has 2 fully saturated rings. The number of anilines is 1. The summed E-state index contributed by atoms with van der Waals surface area (Å²) in [6.07, 6.45) is 1.84. The van der Waals surface area contributed by atoms with Crippen molar-refractivity contribution >= 4 is 16.6 Å². The second kappa shape index (κ2) is 4.77. The maximum absolute atomic E-state index is 5.40. The van der Waals surface area contributed by atoms with Crippen LogP contribution < -0.4 is 20.1 Å². The van der Waals surface area contributed by atoms with Crippen LogP contribution in [0.4, 0.5) is 5.82 Å². The minimum absolute atomic E-state index is 0.553. The van der Waals surface area contributed by atoms with E-state index in [1.807, 2.05) is 24.4 Å². The van der Waals surface area contributed by atoms with E-state index >= 15 is 0 Å². The summed E-state index contributed by atoms with van der Waals surface area (Å²) in [6.45, 7) is 2.23. The fourth-order valence-corrected chi connectivity index (χ4v) is 3.40. The Morgan fingerprint density at radius 2 is 1.86 bits per heavy atom. The second-order valence-electron chi connectivity index (χ2n) is 5.74. The van der Waals surface area contributed by atoms with Crippen LogP contribution in [0.25, 0.3) is 10.8 Å². The molecule has 1 saturated carbocycles. The standard InChI is InChI=1S/C16H19N3O2/c1-20-13-5-9-3-4-18-16(10(9)6-14(13)21-2)19-15-11-7-17-8-12(11)15/h3-6,11-12,15,17H,7-8H2,1-2H3,(H,18,19). The van der Waals surface area contributed by atoms with E-state index in [0.29, 0.717) is 6.04 Å². The third-order valence-electron chi connectivity index (χ3n) is 4.66. The number of pyridine rings is 1. The number of benzene rings is 1. The van der Waals surface area contributed by atoms with Crippen LogP contribution in [-0.2, 0) is 0 Å². The predicted molar refractivity (Wildman–Crippen MR) is 82.1 cm³/mol. The number of fused-ring (bicyclic) bond motifs is 2. The maximum atomic E-state index is 5.40. The molecule has 1 aliphatic heterocycles. The van der Waals surface area contributed by atoms with Gasteiger partial charge in [0.1, 0.15) is 5.82 Å². The highest BCUT2D eigenvalue weighted by molar-refractivity contribution is 5.94. The zero-order valence-corrected chi connectivity index (χ0v) is 12.2. The van der Waals surface area contributed by atoms with E-state index in [1.54, 1.807) is 14.2 Å². The molecular formula is C16H19N3O2. The normalized spacial score (nSPS) is 26.5. The molecule has 0 spiro atoms. The molecule has 1 aromatic heterocycles. The molecule has 5 nitrogen and oxygen atoms in total. The second-order valence-corrected chi connectivity index (χ2v) is 5.74. The zero-order valence-electron chi connectivity index (χ0n) is 12.2. The molecule has 2 atom stereocenters. The minimum atomic E-state index is 0.553. The molecule has 21 heavy (non-hydrogen) atoms. The monoisotopic (exact) mass is 285 g/mol. The molecule has 110 valence electrons. The van der Waals surface area contributed by atoms with Crippen molar-refractivity contribution in [3.8, 4) is 11.5 Å². The lowest BCUT2D eigenvalue weighted by Crippen LogP contribution is -2.21. The Morgan fingerprint density at radius 3 is 2.57 bits per heavy atom. The first-order valence-electron chi connectivity index (χ1n) is 7.30. The van der Waals surface area contributed by atoms with E-state index in [-0.39, 0.29) is 0 Å². The first kappa shape index (κ1) is 12.7. The van der Waals surface area contributed by atoms with Crippen molar-refractivity contribution in [2.24, 2.45) is 11.8 Å². The van der Waals surface area contributed by atoms with Gasteiger partial charge in [0.15, 0.2) is 11.5 Å². The van der Waals surface area contributed by atoms with Gasteiger partial charge in [-0.1, -0.05) is 0 Å². The van der Waals surface area contributed by atoms with Gasteiger partial charge in [0, 0.05) is 30.7 Å². The number of nitrogens with zero attached hydrogens (tertiary/aromatic N) is 1. The van der Waals surface area contributed by atoms with Gasteiger partial charge in [-0.25, -0.2) is 4.98 Å². The number of piperidine rings is 1. The smallest absolute Gasteiger partial charge is 0.161 e. The number of hydrogen-bond acceptors (Lipinski definition) is 5. The van der Waals surface area contributed by atoms with Gasteiger partial charge in [-0.05, 0) is 35.4 Å². The van der Waals surface area contributed by atoms with Crippen molar-refractivity contribution in [1.82, 2.24) is 10.3 Å². The zero-order chi connectivity index (χ0) is 14.4. The van der Waals surface area contributed by atoms with Crippen LogP contribution in [0.3, 0.4) is 0 Å². The van der Waals surface area contributed by atoms with Crippen LogP contribution in [0.15, 0.2) is 24.4 Å². The molecule has 0 radical (unpaired) electrons. The highest BCUT2D eigenvalue weighted by Crippen LogP contribution is 2.44. The molecule has 2 unspecified atom stereocenters. The SMILES string of the molecule is COc1cc2ccnc(NC3C4CNCC43)c2cc1OC. The van der Waals surface area contributed by atoms with Gasteiger partial charge < -0.3 is 20.1 Å². The highest BCUT2D eigenvalue weighted by atomic mass is 16.5. The average molecular weight is 285 g/mol. The summed E-state index contributed by atoms with van der Waals surface area (Å²) in [6, 6.07) is 6.55. The predicted octanol–water partition coefficient (Wildman–Crippen LogP) is 1.88. The van der Waals surface area contributed by atoms with Crippen molar-refractivity contribution in [2.75, 3.05) is 32.6 Å². The maximum Gasteiger partial charge on any atom is 0.161 e. The van der Waals surface area contributed by atoms with E-state index in [9.17, 15) is 0 Å². The first-order valence-corrected chi connectivity index (χ1v) is 7.30. The van der Waals surface area contributed by atoms with Gasteiger partial charge in [0.05, 0.1) is 14.2 Å². The molecular weight excluding hydrogens is 266 g/mol. The largest absolute Gasteiger partial charge is 0.493 e. The molecule has 1 aromatic carbocycles. The summed E-state index contributed by atoms with van der Waals surface area (Å²) >= 11 is 0. The van der Waals surface area contributed by atoms with Crippen molar-refractivity contribution < 1.29 is 9.47 Å². The summed E-state index contributed by atoms with van der Waals surface area (Å²) in [5.41, 5.74) is 0. The fourth-order valence-electron chi connectivity index (χ4n) is 3.40. The molecule has 0 bridgehead atoms. The highest BCUT2D eigenvalue weighted by Gasteiger charge is 2.53. The van der Waals surface area contributed by atoms with Crippen LogP contribution in [0.2, 0.25) is 0 Å². The van der Waals surface area contributed by atoms with Gasteiger partial charge in [-0.3, -0.25) is 0 Å². The summed E-state index contributed by atoms with van der Waals surface area (Å²) in [5, 5.41) is 9.20. The Hall–Kier alpha value is -2.01. The lowest BCUT2D eigenvalue weighted by atomic mass is 10.1. The van der Waals surface area contributed by atoms with Crippen molar-refractivity contribution in [2.45, 2.75) is 6.04 Å². The quantitative estimate of drug-likeness (QED) is 0.898. The van der Waals surface area contributed by atoms with E-state index in [2.05, 4.69) is 15.6 Å². The topological polar surface area (TPSA) is 55.4 Å². The Kier molecular flexibility index (Phi) is 2.89. The third kappa shape index (κ3) is 2.00. The van der Waals surface area contributed by atoms with Crippen LogP contribution in [0, 0.1) is 11.8 Å². The molecule has 2 N–H and O–H groups in total. The number of ether oxygens (including phenoxy) is 2. The van der Waals surface area contributed by atoms with Crippen molar-refractivity contribution in [1.29, 1.82) is 0 Å². The van der Waals surface area contributed by atoms with Crippen LogP contribution in [0.5, 0.6) is 11.5 Å². The molecule has 1 aliphatic carbocycles. The van der Waals surface area contributed by atoms with Crippen LogP contribution in [0.1, 0.15) is 0 Å². The number of rotatable bonds is 4. The average Bonchev–Trinajstić information content (AvgIpc) is 2.96. The number of methoxy groups -OCH3 is 2. The molecule has 1 saturated heterocycles. The molecule has 5 heteroatoms. The Morgan fingerprint density at radius 1 is 1.14 bits per heavy atom. The first-order chi connectivity index (χ1) is 10.3. The van der Waals surface area contributed by atoms with E-state index in [1.165, 1.54) is 0 Å². The number of nitrogens with one attached hydrogen (secondary N) is 2. The molecule has 2 aromatic rings. The van der Waals surface area contributed by atoms with Gasteiger partial charge in [-0.2, -0.15) is 0 Å². The Bertz CT molecular complexity index is 679. The lowest BCUT2D eigenvalue weighted by molar-refractivity contribution is 0.356. The molecule has 2 heterocycles. The van der Waals surface area contributed by atoms with Crippen LogP contribution >= 0.6 is 0 Å². The van der Waals surface area contributed by atoms with Gasteiger partial charge in [0.25, 0.3) is 0 Å². The minimum Gasteiger partial charge on any atom is -0.493 e. The van der Waals surface area contributed by atoms with Gasteiger partial charge >= 0.3 is 0 Å². The molecule has 4 rings (SSSR count). The van der Waals surface area contributed by atoms with E-state index < -0.39 is 0 Å². The fraction of sp³-hybridized carbons (Fsp3) is 0.438. The van der Waals surface area contributed by atoms with E-state index in [0.717, 1.165) is 53.0 Å². The summed E-state index contributed by atoms with van der Waals surface area (Å²) < 4.78 is 10.8. The summed E-state index contributed by atoms with van der Waals surface area (Å²) in [7, 11) is 3.31. The Balaban J connectivity index is 1.71. The van der Waals surface area contributed by atoms with E-state index in [4.69, 9.17) is 9.47 Å². The third-order valence-corrected chi connectivity index (χ3v) is 4.66. The lowest BCUT2D eigenvalue weighted by Gasteiger charge is -2.13. The van der Waals surface area contributed by atoms with Gasteiger partial charge in [0.2, 0.25) is 0 Å². The molecule has 2 aliphatic rings. The van der Waals surface area contributed by atoms with Crippen molar-refractivity contribution in [3.05, 3.63) is 24.4 Å². The van der Waals surface area contributed by atoms with Gasteiger partial charge in [-0.15, -0.1) is 0 Å². The van der Waals surface area contributed by atoms with Crippen molar-refractivity contribution in [3.63, 3.8) is 0 Å². The van der Waals surface area contributed by atoms with Crippen LogP contribution in [-0.4, -0.2) is 38.3 Å².